The summed E-state index contributed by atoms with van der Waals surface area (Å²) < 4.78 is 44.6. The highest BCUT2D eigenvalue weighted by Crippen LogP contribution is 2.35. The Kier molecular flexibility index (Phi) is 5.96. The SMILES string of the molecule is Cc1ccc(NC(=O)c2sc3cccc(F)c3c2COc2ccccc2)cc1S(N)(=O)=O. The first kappa shape index (κ1) is 21.9. The van der Waals surface area contributed by atoms with Crippen LogP contribution in [0.25, 0.3) is 10.1 Å². The summed E-state index contributed by atoms with van der Waals surface area (Å²) in [4.78, 5) is 13.3. The zero-order valence-corrected chi connectivity index (χ0v) is 18.6. The van der Waals surface area contributed by atoms with Crippen LogP contribution in [0.4, 0.5) is 10.1 Å². The number of para-hydroxylation sites is 1. The fourth-order valence-electron chi connectivity index (χ4n) is 3.33. The Morgan fingerprint density at radius 1 is 1.09 bits per heavy atom. The topological polar surface area (TPSA) is 98.5 Å². The third kappa shape index (κ3) is 4.50. The molecule has 4 aromatic rings. The molecule has 0 saturated carbocycles. The Morgan fingerprint density at radius 2 is 1.84 bits per heavy atom. The molecule has 0 spiro atoms. The molecule has 6 nitrogen and oxygen atoms in total. The van der Waals surface area contributed by atoms with Crippen molar-refractivity contribution >= 4 is 43.0 Å². The molecule has 3 aromatic carbocycles. The molecular formula is C23H19FN2O4S2. The summed E-state index contributed by atoms with van der Waals surface area (Å²) in [5, 5.41) is 8.28. The van der Waals surface area contributed by atoms with Crippen LogP contribution >= 0.6 is 11.3 Å². The molecule has 4 rings (SSSR count). The van der Waals surface area contributed by atoms with Crippen molar-refractivity contribution in [3.05, 3.63) is 88.6 Å². The monoisotopic (exact) mass is 470 g/mol. The van der Waals surface area contributed by atoms with Crippen LogP contribution in [0.5, 0.6) is 5.75 Å². The second-order valence-corrected chi connectivity index (χ2v) is 9.69. The predicted octanol–water partition coefficient (Wildman–Crippen LogP) is 4.83. The fraction of sp³-hybridized carbons (Fsp3) is 0.0870. The van der Waals surface area contributed by atoms with E-state index in [0.717, 1.165) is 11.3 Å². The number of anilines is 1. The van der Waals surface area contributed by atoms with Gasteiger partial charge in [-0.2, -0.15) is 0 Å². The first-order chi connectivity index (χ1) is 15.2. The molecule has 32 heavy (non-hydrogen) atoms. The number of carbonyl (C=O) groups is 1. The molecule has 0 fully saturated rings. The van der Waals surface area contributed by atoms with E-state index in [9.17, 15) is 17.6 Å². The van der Waals surface area contributed by atoms with Crippen LogP contribution in [0.15, 0.2) is 71.6 Å². The van der Waals surface area contributed by atoms with Crippen molar-refractivity contribution < 1.29 is 22.3 Å². The number of nitrogens with two attached hydrogens (primary N) is 1. The normalized spacial score (nSPS) is 11.5. The molecular weight excluding hydrogens is 451 g/mol. The fourth-order valence-corrected chi connectivity index (χ4v) is 5.26. The summed E-state index contributed by atoms with van der Waals surface area (Å²) in [6.45, 7) is 1.60. The van der Waals surface area contributed by atoms with E-state index in [1.165, 1.54) is 12.1 Å². The lowest BCUT2D eigenvalue weighted by atomic mass is 10.1. The highest BCUT2D eigenvalue weighted by atomic mass is 32.2. The van der Waals surface area contributed by atoms with E-state index in [-0.39, 0.29) is 22.1 Å². The maximum atomic E-state index is 14.6. The van der Waals surface area contributed by atoms with Gasteiger partial charge in [-0.1, -0.05) is 30.3 Å². The number of primary sulfonamides is 1. The summed E-state index contributed by atoms with van der Waals surface area (Å²) in [6, 6.07) is 18.1. The van der Waals surface area contributed by atoms with Crippen LogP contribution in [0, 0.1) is 12.7 Å². The number of rotatable bonds is 6. The third-order valence-electron chi connectivity index (χ3n) is 4.85. The number of halogens is 1. The van der Waals surface area contributed by atoms with Crippen LogP contribution in [-0.2, 0) is 16.6 Å². The quantitative estimate of drug-likeness (QED) is 0.422. The van der Waals surface area contributed by atoms with Crippen molar-refractivity contribution in [2.75, 3.05) is 5.32 Å². The average molecular weight is 471 g/mol. The number of amides is 1. The molecule has 1 aromatic heterocycles. The molecule has 0 aliphatic rings. The second kappa shape index (κ2) is 8.70. The van der Waals surface area contributed by atoms with Gasteiger partial charge in [-0.3, -0.25) is 4.79 Å². The predicted molar refractivity (Wildman–Crippen MR) is 123 cm³/mol. The lowest BCUT2D eigenvalue weighted by Gasteiger charge is -2.10. The standard InChI is InChI=1S/C23H19FN2O4S2/c1-14-10-11-15(12-20(14)32(25,28)29)26-23(27)22-17(13-30-16-6-3-2-4-7-16)21-18(24)8-5-9-19(21)31-22/h2-12H,13H2,1H3,(H,26,27)(H2,25,28,29). The van der Waals surface area contributed by atoms with E-state index < -0.39 is 21.7 Å². The minimum atomic E-state index is -3.95. The molecule has 9 heteroatoms. The van der Waals surface area contributed by atoms with Crippen molar-refractivity contribution in [3.63, 3.8) is 0 Å². The Balaban J connectivity index is 1.70. The van der Waals surface area contributed by atoms with Gasteiger partial charge in [0.25, 0.3) is 5.91 Å². The number of hydrogen-bond acceptors (Lipinski definition) is 5. The molecule has 0 bridgehead atoms. The van der Waals surface area contributed by atoms with E-state index >= 15 is 0 Å². The molecule has 1 amide bonds. The minimum absolute atomic E-state index is 0.00989. The van der Waals surface area contributed by atoms with Crippen LogP contribution in [0.2, 0.25) is 0 Å². The lowest BCUT2D eigenvalue weighted by Crippen LogP contribution is -2.16. The van der Waals surface area contributed by atoms with Crippen molar-refractivity contribution in [1.29, 1.82) is 0 Å². The third-order valence-corrected chi connectivity index (χ3v) is 7.10. The summed E-state index contributed by atoms with van der Waals surface area (Å²) in [5.41, 5.74) is 1.15. The first-order valence-electron chi connectivity index (χ1n) is 9.56. The zero-order chi connectivity index (χ0) is 22.9. The Labute approximate surface area is 188 Å². The number of fused-ring (bicyclic) bond motifs is 1. The maximum Gasteiger partial charge on any atom is 0.266 e. The van der Waals surface area contributed by atoms with Crippen molar-refractivity contribution in [1.82, 2.24) is 0 Å². The van der Waals surface area contributed by atoms with E-state index in [2.05, 4.69) is 5.32 Å². The number of ether oxygens (including phenoxy) is 1. The molecule has 1 heterocycles. The summed E-state index contributed by atoms with van der Waals surface area (Å²) >= 11 is 1.14. The molecule has 0 atom stereocenters. The average Bonchev–Trinajstić information content (AvgIpc) is 3.13. The highest BCUT2D eigenvalue weighted by molar-refractivity contribution is 7.89. The van der Waals surface area contributed by atoms with Crippen LogP contribution < -0.4 is 15.2 Å². The number of thiophene rings is 1. The molecule has 0 saturated heterocycles. The van der Waals surface area contributed by atoms with Gasteiger partial charge in [0.05, 0.1) is 4.90 Å². The van der Waals surface area contributed by atoms with E-state index in [1.807, 2.05) is 18.2 Å². The number of sulfonamides is 1. The molecule has 3 N–H and O–H groups in total. The van der Waals surface area contributed by atoms with Gasteiger partial charge in [0.1, 0.15) is 23.1 Å². The summed E-state index contributed by atoms with van der Waals surface area (Å²) in [7, 11) is -3.95. The van der Waals surface area contributed by atoms with Crippen molar-refractivity contribution in [2.24, 2.45) is 5.14 Å². The summed E-state index contributed by atoms with van der Waals surface area (Å²) in [5.74, 6) is -0.358. The second-order valence-electron chi connectivity index (χ2n) is 7.10. The number of carbonyl (C=O) groups excluding carboxylic acids is 1. The minimum Gasteiger partial charge on any atom is -0.489 e. The van der Waals surface area contributed by atoms with Gasteiger partial charge in [-0.05, 0) is 48.9 Å². The molecule has 0 radical (unpaired) electrons. The smallest absolute Gasteiger partial charge is 0.266 e. The Morgan fingerprint density at radius 3 is 2.56 bits per heavy atom. The van der Waals surface area contributed by atoms with Gasteiger partial charge >= 0.3 is 0 Å². The maximum absolute atomic E-state index is 14.6. The largest absolute Gasteiger partial charge is 0.489 e. The molecule has 0 unspecified atom stereocenters. The van der Waals surface area contributed by atoms with Gasteiger partial charge in [0, 0.05) is 21.3 Å². The van der Waals surface area contributed by atoms with Gasteiger partial charge in [0.2, 0.25) is 10.0 Å². The number of benzene rings is 3. The first-order valence-corrected chi connectivity index (χ1v) is 11.9. The zero-order valence-electron chi connectivity index (χ0n) is 17.0. The summed E-state index contributed by atoms with van der Waals surface area (Å²) in [6.07, 6.45) is 0. The number of aryl methyl sites for hydroxylation is 1. The van der Waals surface area contributed by atoms with Crippen LogP contribution in [0.3, 0.4) is 0 Å². The van der Waals surface area contributed by atoms with Gasteiger partial charge < -0.3 is 10.1 Å². The van der Waals surface area contributed by atoms with Crippen LogP contribution in [0.1, 0.15) is 20.8 Å². The number of nitrogens with one attached hydrogen (secondary N) is 1. The van der Waals surface area contributed by atoms with Gasteiger partial charge in [-0.15, -0.1) is 11.3 Å². The lowest BCUT2D eigenvalue weighted by molar-refractivity contribution is 0.102. The van der Waals surface area contributed by atoms with Crippen LogP contribution in [-0.4, -0.2) is 14.3 Å². The van der Waals surface area contributed by atoms with Crippen molar-refractivity contribution in [2.45, 2.75) is 18.4 Å². The van der Waals surface area contributed by atoms with Crippen molar-refractivity contribution in [3.8, 4) is 5.75 Å². The van der Waals surface area contributed by atoms with Gasteiger partial charge in [-0.25, -0.2) is 17.9 Å². The van der Waals surface area contributed by atoms with E-state index in [1.54, 1.807) is 43.3 Å². The van der Waals surface area contributed by atoms with E-state index in [0.29, 0.717) is 27.0 Å². The Bertz CT molecular complexity index is 1420. The van der Waals surface area contributed by atoms with E-state index in [4.69, 9.17) is 9.88 Å². The Hall–Kier alpha value is -3.27. The molecule has 0 aliphatic heterocycles. The highest BCUT2D eigenvalue weighted by Gasteiger charge is 2.22. The van der Waals surface area contributed by atoms with Gasteiger partial charge in [0.15, 0.2) is 0 Å². The molecule has 0 aliphatic carbocycles. The number of hydrogen-bond donors (Lipinski definition) is 2. The molecule has 164 valence electrons.